The summed E-state index contributed by atoms with van der Waals surface area (Å²) in [5.74, 6) is 3.27. The van der Waals surface area contributed by atoms with Crippen LogP contribution in [0, 0.1) is 0 Å². The van der Waals surface area contributed by atoms with E-state index in [9.17, 15) is 4.79 Å². The van der Waals surface area contributed by atoms with Gasteiger partial charge in [-0.1, -0.05) is 30.3 Å². The number of benzene rings is 4. The van der Waals surface area contributed by atoms with Crippen LogP contribution in [0.3, 0.4) is 0 Å². The number of hydrogen-bond acceptors (Lipinski definition) is 6. The highest BCUT2D eigenvalue weighted by molar-refractivity contribution is 5.84. The lowest BCUT2D eigenvalue weighted by molar-refractivity contribution is -0.137. The monoisotopic (exact) mass is 513 g/mol. The Morgan fingerprint density at radius 1 is 0.763 bits per heavy atom. The van der Waals surface area contributed by atoms with Crippen molar-refractivity contribution in [2.45, 2.75) is 12.5 Å². The molecule has 7 heteroatoms. The van der Waals surface area contributed by atoms with Crippen LogP contribution in [0.1, 0.15) is 17.2 Å². The van der Waals surface area contributed by atoms with Gasteiger partial charge in [-0.05, 0) is 76.9 Å². The maximum Gasteiger partial charge on any atom is 0.261 e. The van der Waals surface area contributed by atoms with Gasteiger partial charge < -0.3 is 28.6 Å². The van der Waals surface area contributed by atoms with Gasteiger partial charge in [0.15, 0.2) is 18.1 Å². The molecule has 1 atom stereocenters. The molecule has 4 aromatic carbocycles. The third-order valence-electron chi connectivity index (χ3n) is 6.87. The maximum atomic E-state index is 13.5. The lowest BCUT2D eigenvalue weighted by Crippen LogP contribution is -2.44. The number of fused-ring (bicyclic) bond motifs is 2. The first kappa shape index (κ1) is 25.3. The smallest absolute Gasteiger partial charge is 0.261 e. The summed E-state index contributed by atoms with van der Waals surface area (Å²) in [6.45, 7) is 0.746. The molecule has 0 bridgehead atoms. The zero-order valence-electron chi connectivity index (χ0n) is 21.8. The van der Waals surface area contributed by atoms with Crippen LogP contribution >= 0.6 is 0 Å². The van der Waals surface area contributed by atoms with Crippen molar-refractivity contribution in [3.05, 3.63) is 90.0 Å². The molecule has 1 unspecified atom stereocenters. The molecule has 1 heterocycles. The second kappa shape index (κ2) is 11.3. The minimum absolute atomic E-state index is 0.0694. The van der Waals surface area contributed by atoms with Crippen molar-refractivity contribution in [2.75, 3.05) is 41.1 Å². The first-order valence-electron chi connectivity index (χ1n) is 12.5. The zero-order chi connectivity index (χ0) is 26.5. The second-order valence-electron chi connectivity index (χ2n) is 9.04. The normalized spacial score (nSPS) is 14.5. The Balaban J connectivity index is 1.38. The van der Waals surface area contributed by atoms with Crippen molar-refractivity contribution in [3.8, 4) is 28.7 Å². The highest BCUT2D eigenvalue weighted by Crippen LogP contribution is 2.38. The van der Waals surface area contributed by atoms with Crippen LogP contribution in [0.2, 0.25) is 0 Å². The van der Waals surface area contributed by atoms with Gasteiger partial charge in [-0.3, -0.25) is 4.79 Å². The molecule has 7 nitrogen and oxygen atoms in total. The van der Waals surface area contributed by atoms with E-state index in [1.54, 1.807) is 21.3 Å². The summed E-state index contributed by atoms with van der Waals surface area (Å²) in [4.78, 5) is 15.3. The van der Waals surface area contributed by atoms with Gasteiger partial charge in [0, 0.05) is 6.54 Å². The van der Waals surface area contributed by atoms with Gasteiger partial charge in [0.1, 0.15) is 23.9 Å². The molecule has 4 aromatic rings. The average molecular weight is 514 g/mol. The van der Waals surface area contributed by atoms with Crippen molar-refractivity contribution in [3.63, 3.8) is 0 Å². The van der Waals surface area contributed by atoms with Crippen LogP contribution in [-0.2, 0) is 11.2 Å². The standard InChI is InChI=1S/C31H31NO6/c1-34-24-10-12-25(13-11-24)37-19-28-27-18-30(36-3)29(35-2)17-23(27)14-15-32(28)31(33)20-38-26-9-8-21-6-4-5-7-22(21)16-26/h4-13,16-18,28H,14-15,19-20H2,1-3H3. The summed E-state index contributed by atoms with van der Waals surface area (Å²) >= 11 is 0. The maximum absolute atomic E-state index is 13.5. The predicted molar refractivity (Wildman–Crippen MR) is 146 cm³/mol. The van der Waals surface area contributed by atoms with E-state index in [1.807, 2.05) is 83.8 Å². The van der Waals surface area contributed by atoms with E-state index in [1.165, 1.54) is 0 Å². The number of methoxy groups -OCH3 is 3. The number of hydrogen-bond donors (Lipinski definition) is 0. The van der Waals surface area contributed by atoms with Gasteiger partial charge in [0.25, 0.3) is 5.91 Å². The molecule has 0 saturated heterocycles. The van der Waals surface area contributed by atoms with Crippen molar-refractivity contribution >= 4 is 16.7 Å². The highest BCUT2D eigenvalue weighted by atomic mass is 16.5. The van der Waals surface area contributed by atoms with Crippen LogP contribution in [0.4, 0.5) is 0 Å². The average Bonchev–Trinajstić information content (AvgIpc) is 2.97. The molecule has 1 aliphatic rings. The quantitative estimate of drug-likeness (QED) is 0.297. The molecule has 0 aliphatic carbocycles. The first-order valence-corrected chi connectivity index (χ1v) is 12.5. The molecule has 0 radical (unpaired) electrons. The molecular weight excluding hydrogens is 482 g/mol. The van der Waals surface area contributed by atoms with E-state index in [2.05, 4.69) is 0 Å². The van der Waals surface area contributed by atoms with Gasteiger partial charge in [0.2, 0.25) is 0 Å². The van der Waals surface area contributed by atoms with Crippen molar-refractivity contribution < 1.29 is 28.5 Å². The first-order chi connectivity index (χ1) is 18.6. The fraction of sp³-hybridized carbons (Fsp3) is 0.258. The fourth-order valence-corrected chi connectivity index (χ4v) is 4.84. The lowest BCUT2D eigenvalue weighted by Gasteiger charge is -2.37. The highest BCUT2D eigenvalue weighted by Gasteiger charge is 2.33. The van der Waals surface area contributed by atoms with Crippen LogP contribution in [0.5, 0.6) is 28.7 Å². The Morgan fingerprint density at radius 3 is 2.18 bits per heavy atom. The van der Waals surface area contributed by atoms with Gasteiger partial charge in [-0.15, -0.1) is 0 Å². The fourth-order valence-electron chi connectivity index (χ4n) is 4.84. The summed E-state index contributed by atoms with van der Waals surface area (Å²) < 4.78 is 28.4. The van der Waals surface area contributed by atoms with Gasteiger partial charge in [0.05, 0.1) is 27.4 Å². The minimum atomic E-state index is -0.326. The van der Waals surface area contributed by atoms with E-state index < -0.39 is 0 Å². The number of carbonyl (C=O) groups excluding carboxylic acids is 1. The second-order valence-corrected chi connectivity index (χ2v) is 9.04. The third-order valence-corrected chi connectivity index (χ3v) is 6.87. The van der Waals surface area contributed by atoms with Crippen molar-refractivity contribution in [2.24, 2.45) is 0 Å². The molecule has 1 aliphatic heterocycles. The summed E-state index contributed by atoms with van der Waals surface area (Å²) in [7, 11) is 4.85. The molecular formula is C31H31NO6. The summed E-state index contributed by atoms with van der Waals surface area (Å²) in [5.41, 5.74) is 2.08. The summed E-state index contributed by atoms with van der Waals surface area (Å²) in [6, 6.07) is 24.9. The molecule has 0 spiro atoms. The largest absolute Gasteiger partial charge is 0.497 e. The van der Waals surface area contributed by atoms with E-state index in [0.29, 0.717) is 36.0 Å². The predicted octanol–water partition coefficient (Wildman–Crippen LogP) is 5.45. The number of rotatable bonds is 9. The van der Waals surface area contributed by atoms with Gasteiger partial charge in [-0.2, -0.15) is 0 Å². The molecule has 0 saturated carbocycles. The zero-order valence-corrected chi connectivity index (χ0v) is 21.8. The van der Waals surface area contributed by atoms with E-state index in [-0.39, 0.29) is 25.2 Å². The SMILES string of the molecule is COc1ccc(OCC2c3cc(OC)c(OC)cc3CCN2C(=O)COc2ccc3ccccc3c2)cc1. The Bertz CT molecular complexity index is 1420. The third kappa shape index (κ3) is 5.32. The van der Waals surface area contributed by atoms with Crippen LogP contribution in [0.25, 0.3) is 10.8 Å². The lowest BCUT2D eigenvalue weighted by atomic mass is 9.92. The number of nitrogens with zero attached hydrogens (tertiary/aromatic N) is 1. The molecule has 38 heavy (non-hydrogen) atoms. The molecule has 0 N–H and O–H groups in total. The molecule has 5 rings (SSSR count). The van der Waals surface area contributed by atoms with Crippen LogP contribution in [0.15, 0.2) is 78.9 Å². The number of carbonyl (C=O) groups is 1. The van der Waals surface area contributed by atoms with E-state index in [4.69, 9.17) is 23.7 Å². The van der Waals surface area contributed by atoms with E-state index in [0.717, 1.165) is 27.6 Å². The Kier molecular flexibility index (Phi) is 7.54. The molecule has 0 fully saturated rings. The van der Waals surface area contributed by atoms with Gasteiger partial charge in [-0.25, -0.2) is 0 Å². The minimum Gasteiger partial charge on any atom is -0.497 e. The Hall–Kier alpha value is -4.39. The Morgan fingerprint density at radius 2 is 1.45 bits per heavy atom. The van der Waals surface area contributed by atoms with Gasteiger partial charge >= 0.3 is 0 Å². The van der Waals surface area contributed by atoms with Crippen molar-refractivity contribution in [1.29, 1.82) is 0 Å². The summed E-state index contributed by atoms with van der Waals surface area (Å²) in [6.07, 6.45) is 0.691. The van der Waals surface area contributed by atoms with Crippen LogP contribution < -0.4 is 23.7 Å². The topological polar surface area (TPSA) is 66.5 Å². The summed E-state index contributed by atoms with van der Waals surface area (Å²) in [5, 5.41) is 2.19. The molecule has 1 amide bonds. The Labute approximate surface area is 222 Å². The molecule has 0 aromatic heterocycles. The number of ether oxygens (including phenoxy) is 5. The van der Waals surface area contributed by atoms with Crippen LogP contribution in [-0.4, -0.2) is 51.9 Å². The van der Waals surface area contributed by atoms with E-state index >= 15 is 0 Å². The number of amides is 1. The van der Waals surface area contributed by atoms with Crippen molar-refractivity contribution in [1.82, 2.24) is 4.90 Å². The molecule has 196 valence electrons.